The van der Waals surface area contributed by atoms with Crippen LogP contribution in [0.25, 0.3) is 0 Å². The number of nitrogens with zero attached hydrogens (tertiary/aromatic N) is 3. The van der Waals surface area contributed by atoms with Crippen molar-refractivity contribution in [3.63, 3.8) is 0 Å². The Hall–Kier alpha value is -0.286. The fourth-order valence-corrected chi connectivity index (χ4v) is 0.389. The number of hydrogen-bond acceptors (Lipinski definition) is 4. The van der Waals surface area contributed by atoms with Gasteiger partial charge in [-0.3, -0.25) is 6.20 Å². The van der Waals surface area contributed by atoms with Crippen LogP contribution in [0.1, 0.15) is 5.82 Å². The number of nitrogens with two attached hydrogens (primary N) is 1. The van der Waals surface area contributed by atoms with E-state index in [0.29, 0.717) is 5.82 Å². The smallest absolute Gasteiger partial charge is 0.365 e. The summed E-state index contributed by atoms with van der Waals surface area (Å²) in [6.45, 7) is 1.59. The molecule has 1 heterocycles. The summed E-state index contributed by atoms with van der Waals surface area (Å²) < 4.78 is 0.882. The van der Waals surface area contributed by atoms with Gasteiger partial charge in [0, 0.05) is 0 Å². The summed E-state index contributed by atoms with van der Waals surface area (Å²) in [5, 5.41) is 6.73. The summed E-state index contributed by atoms with van der Waals surface area (Å²) in [5.41, 5.74) is -0.470. The van der Waals surface area contributed by atoms with Crippen molar-refractivity contribution in [2.24, 2.45) is 0 Å². The number of nitrogen functional groups attached to an aromatic ring is 1. The first-order valence-electron chi connectivity index (χ1n) is 2.31. The predicted molar refractivity (Wildman–Crippen MR) is 30.0 cm³/mol. The normalized spacial score (nSPS) is 8.50. The third-order valence-corrected chi connectivity index (χ3v) is 0.908. The molecule has 6 heteroatoms. The zero-order valence-corrected chi connectivity index (χ0v) is 8.24. The molecular weight excluding hydrogens is 209 g/mol. The van der Waals surface area contributed by atoms with Gasteiger partial charge in [-0.2, -0.15) is 5.10 Å². The monoisotopic (exact) mass is 214 g/mol. The number of hydrogen-bond donors (Lipinski definition) is 1. The molecule has 0 radical (unpaired) electrons. The Balaban J connectivity index is 0.000000810. The second kappa shape index (κ2) is 3.78. The molecule has 5 nitrogen and oxygen atoms in total. The van der Waals surface area contributed by atoms with Crippen LogP contribution < -0.4 is 11.4 Å². The van der Waals surface area contributed by atoms with Gasteiger partial charge in [0.05, 0.1) is 0 Å². The van der Waals surface area contributed by atoms with E-state index in [1.165, 1.54) is 0 Å². The third-order valence-electron chi connectivity index (χ3n) is 0.908. The van der Waals surface area contributed by atoms with Crippen LogP contribution >= 0.6 is 0 Å². The molecule has 1 aromatic heterocycles. The maximum absolute atomic E-state index is 10.5. The molecular formula is C4H5N4OY+2. The molecule has 0 bridgehead atoms. The maximum atomic E-state index is 10.5. The molecule has 0 aliphatic rings. The topological polar surface area (TPSA) is 73.8 Å². The first-order valence-corrected chi connectivity index (χ1v) is 2.31. The molecule has 0 aliphatic heterocycles. The Bertz CT molecular complexity index is 270. The zero-order chi connectivity index (χ0) is 6.85. The standard InChI is InChI=1S/C4H5N4O.Y/c1-3-7-6-2-4(9)8(3)5;/h5H2,1H3;/q-1;+3. The summed E-state index contributed by atoms with van der Waals surface area (Å²) in [6.07, 6.45) is 2.06. The Labute approximate surface area is 82.5 Å². The van der Waals surface area contributed by atoms with Gasteiger partial charge in [-0.1, -0.05) is 0 Å². The second-order valence-corrected chi connectivity index (χ2v) is 1.53. The van der Waals surface area contributed by atoms with Crippen molar-refractivity contribution in [2.75, 3.05) is 5.84 Å². The summed E-state index contributed by atoms with van der Waals surface area (Å²) in [6, 6.07) is 0. The van der Waals surface area contributed by atoms with E-state index in [0.717, 1.165) is 4.68 Å². The number of aryl methyl sites for hydroxylation is 1. The molecule has 1 aromatic rings. The van der Waals surface area contributed by atoms with Crippen molar-refractivity contribution in [3.8, 4) is 0 Å². The Morgan fingerprint density at radius 3 is 2.70 bits per heavy atom. The minimum absolute atomic E-state index is 0. The van der Waals surface area contributed by atoms with Crippen molar-refractivity contribution in [3.05, 3.63) is 22.4 Å². The third kappa shape index (κ3) is 1.85. The van der Waals surface area contributed by atoms with Gasteiger partial charge < -0.3 is 15.7 Å². The SMILES string of the molecule is Cc1nn[c-]c(=O)n1N.[Y+3]. The molecule has 0 amide bonds. The van der Waals surface area contributed by atoms with E-state index in [2.05, 4.69) is 16.4 Å². The molecule has 0 saturated carbocycles. The van der Waals surface area contributed by atoms with Crippen LogP contribution in [0.5, 0.6) is 0 Å². The molecule has 10 heavy (non-hydrogen) atoms. The molecule has 0 unspecified atom stereocenters. The molecule has 0 saturated heterocycles. The minimum atomic E-state index is -0.470. The molecule has 2 N–H and O–H groups in total. The quantitative estimate of drug-likeness (QED) is 0.419. The summed E-state index contributed by atoms with van der Waals surface area (Å²) in [5.74, 6) is 5.53. The largest absolute Gasteiger partial charge is 3.00 e. The van der Waals surface area contributed by atoms with Crippen LogP contribution in [0.2, 0.25) is 0 Å². The van der Waals surface area contributed by atoms with Crippen LogP contribution in [0.3, 0.4) is 0 Å². The first-order chi connectivity index (χ1) is 4.22. The van der Waals surface area contributed by atoms with Gasteiger partial charge in [-0.05, 0) is 6.92 Å². The van der Waals surface area contributed by atoms with Gasteiger partial charge in [0.15, 0.2) is 0 Å². The Kier molecular flexibility index (Phi) is 3.67. The molecule has 1 rings (SSSR count). The summed E-state index contributed by atoms with van der Waals surface area (Å²) in [7, 11) is 0. The molecule has 0 spiro atoms. The van der Waals surface area contributed by atoms with Crippen molar-refractivity contribution >= 4 is 0 Å². The van der Waals surface area contributed by atoms with E-state index in [1.54, 1.807) is 6.92 Å². The Morgan fingerprint density at radius 2 is 2.30 bits per heavy atom. The number of aromatic nitrogens is 3. The summed E-state index contributed by atoms with van der Waals surface area (Å²) >= 11 is 0. The molecule has 48 valence electrons. The van der Waals surface area contributed by atoms with Gasteiger partial charge in [0.1, 0.15) is 11.4 Å². The van der Waals surface area contributed by atoms with Crippen LogP contribution in [0, 0.1) is 13.1 Å². The fraction of sp³-hybridized carbons (Fsp3) is 0.250. The van der Waals surface area contributed by atoms with E-state index in [-0.39, 0.29) is 32.7 Å². The van der Waals surface area contributed by atoms with Gasteiger partial charge in [0.25, 0.3) is 0 Å². The van der Waals surface area contributed by atoms with Crippen molar-refractivity contribution in [1.82, 2.24) is 14.9 Å². The van der Waals surface area contributed by atoms with Crippen LogP contribution in [-0.4, -0.2) is 14.9 Å². The van der Waals surface area contributed by atoms with Gasteiger partial charge in [0.2, 0.25) is 0 Å². The zero-order valence-electron chi connectivity index (χ0n) is 5.40. The molecule has 0 fully saturated rings. The van der Waals surface area contributed by atoms with Crippen LogP contribution in [-0.2, 0) is 32.7 Å². The fourth-order valence-electron chi connectivity index (χ4n) is 0.389. The van der Waals surface area contributed by atoms with E-state index in [9.17, 15) is 4.79 Å². The maximum Gasteiger partial charge on any atom is 3.00 e. The first kappa shape index (κ1) is 9.71. The average molecular weight is 214 g/mol. The molecule has 0 atom stereocenters. The molecule has 0 aromatic carbocycles. The van der Waals surface area contributed by atoms with Gasteiger partial charge in [-0.25, -0.2) is 4.68 Å². The van der Waals surface area contributed by atoms with Gasteiger partial charge in [-0.15, -0.1) is 0 Å². The predicted octanol–water partition coefficient (Wildman–Crippen LogP) is -1.54. The van der Waals surface area contributed by atoms with E-state index in [1.807, 2.05) is 0 Å². The second-order valence-electron chi connectivity index (χ2n) is 1.53. The van der Waals surface area contributed by atoms with Gasteiger partial charge >= 0.3 is 32.7 Å². The van der Waals surface area contributed by atoms with E-state index < -0.39 is 5.56 Å². The van der Waals surface area contributed by atoms with Crippen molar-refractivity contribution in [2.45, 2.75) is 6.92 Å². The van der Waals surface area contributed by atoms with Crippen molar-refractivity contribution < 1.29 is 32.7 Å². The van der Waals surface area contributed by atoms with E-state index in [4.69, 9.17) is 5.84 Å². The van der Waals surface area contributed by atoms with Crippen molar-refractivity contribution in [1.29, 1.82) is 0 Å². The molecule has 0 aliphatic carbocycles. The Morgan fingerprint density at radius 1 is 1.70 bits per heavy atom. The van der Waals surface area contributed by atoms with E-state index >= 15 is 0 Å². The minimum Gasteiger partial charge on any atom is -0.365 e. The van der Waals surface area contributed by atoms with Crippen LogP contribution in [0.15, 0.2) is 4.79 Å². The number of rotatable bonds is 0. The van der Waals surface area contributed by atoms with Crippen LogP contribution in [0.4, 0.5) is 0 Å². The summed E-state index contributed by atoms with van der Waals surface area (Å²) in [4.78, 5) is 10.5. The average Bonchev–Trinajstić information content (AvgIpc) is 1.83.